The maximum Gasteiger partial charge on any atom is 0.338 e. The molecule has 2 aromatic carbocycles. The summed E-state index contributed by atoms with van der Waals surface area (Å²) in [6, 6.07) is 14.1. The van der Waals surface area contributed by atoms with E-state index in [1.54, 1.807) is 19.1 Å². The number of hydrogen-bond donors (Lipinski definition) is 0. The van der Waals surface area contributed by atoms with Crippen molar-refractivity contribution < 1.29 is 28.7 Å². The van der Waals surface area contributed by atoms with Crippen LogP contribution in [0.2, 0.25) is 0 Å². The average Bonchev–Trinajstić information content (AvgIpc) is 3.59. The number of benzene rings is 2. The van der Waals surface area contributed by atoms with Crippen molar-refractivity contribution in [2.45, 2.75) is 38.3 Å². The molecule has 0 aromatic heterocycles. The molecular weight excluding hydrogens is 412 g/mol. The summed E-state index contributed by atoms with van der Waals surface area (Å²) in [4.78, 5) is 53.2. The molecule has 0 bridgehead atoms. The highest BCUT2D eigenvalue weighted by Gasteiger charge is 2.48. The van der Waals surface area contributed by atoms with Gasteiger partial charge in [-0.3, -0.25) is 14.4 Å². The number of ether oxygens (including phenoxy) is 2. The van der Waals surface area contributed by atoms with Crippen LogP contribution in [-0.2, 0) is 19.1 Å². The smallest absolute Gasteiger partial charge is 0.338 e. The Kier molecular flexibility index (Phi) is 6.20. The van der Waals surface area contributed by atoms with Crippen LogP contribution in [0.25, 0.3) is 0 Å². The Labute approximate surface area is 185 Å². The van der Waals surface area contributed by atoms with Crippen molar-refractivity contribution in [3.05, 3.63) is 60.2 Å². The lowest BCUT2D eigenvalue weighted by molar-refractivity contribution is -0.140. The van der Waals surface area contributed by atoms with Gasteiger partial charge in [0.25, 0.3) is 11.8 Å². The normalized spacial score (nSPS) is 17.9. The second kappa shape index (κ2) is 9.21. The second-order valence-electron chi connectivity index (χ2n) is 7.69. The van der Waals surface area contributed by atoms with Crippen LogP contribution in [-0.4, -0.2) is 53.9 Å². The van der Waals surface area contributed by atoms with Crippen LogP contribution in [0.5, 0.6) is 5.75 Å². The number of carbonyl (C=O) groups is 4. The molecule has 166 valence electrons. The maximum atomic E-state index is 13.2. The number of anilines is 1. The number of rotatable bonds is 8. The molecule has 2 aromatic rings. The van der Waals surface area contributed by atoms with Gasteiger partial charge >= 0.3 is 5.97 Å². The van der Waals surface area contributed by atoms with Crippen LogP contribution in [0, 0.1) is 0 Å². The molecule has 1 saturated heterocycles. The Morgan fingerprint density at radius 2 is 1.72 bits per heavy atom. The van der Waals surface area contributed by atoms with Gasteiger partial charge in [-0.2, -0.15) is 0 Å². The molecule has 32 heavy (non-hydrogen) atoms. The Morgan fingerprint density at radius 1 is 1.03 bits per heavy atom. The number of imide groups is 1. The lowest BCUT2D eigenvalue weighted by Gasteiger charge is -2.27. The third-order valence-corrected chi connectivity index (χ3v) is 5.43. The predicted molar refractivity (Wildman–Crippen MR) is 115 cm³/mol. The van der Waals surface area contributed by atoms with Crippen LogP contribution in [0.4, 0.5) is 5.69 Å². The molecule has 1 aliphatic heterocycles. The largest absolute Gasteiger partial charge is 0.484 e. The van der Waals surface area contributed by atoms with Crippen molar-refractivity contribution in [3.8, 4) is 5.75 Å². The van der Waals surface area contributed by atoms with Crippen molar-refractivity contribution in [3.63, 3.8) is 0 Å². The zero-order valence-corrected chi connectivity index (χ0v) is 17.7. The third-order valence-electron chi connectivity index (χ3n) is 5.43. The lowest BCUT2D eigenvalue weighted by Crippen LogP contribution is -2.48. The number of amides is 3. The minimum atomic E-state index is -0.855. The van der Waals surface area contributed by atoms with Crippen LogP contribution in [0.1, 0.15) is 36.5 Å². The van der Waals surface area contributed by atoms with E-state index in [9.17, 15) is 19.2 Å². The van der Waals surface area contributed by atoms with Crippen LogP contribution < -0.4 is 9.64 Å². The fourth-order valence-corrected chi connectivity index (χ4v) is 3.79. The molecule has 1 aliphatic carbocycles. The van der Waals surface area contributed by atoms with E-state index in [1.165, 1.54) is 29.2 Å². The molecular formula is C24H24N2O6. The van der Waals surface area contributed by atoms with Crippen molar-refractivity contribution in [2.24, 2.45) is 0 Å². The first-order valence-corrected chi connectivity index (χ1v) is 10.6. The van der Waals surface area contributed by atoms with Crippen molar-refractivity contribution in [1.82, 2.24) is 4.90 Å². The van der Waals surface area contributed by atoms with E-state index >= 15 is 0 Å². The van der Waals surface area contributed by atoms with Gasteiger partial charge in [-0.1, -0.05) is 18.2 Å². The average molecular weight is 436 g/mol. The Bertz CT molecular complexity index is 1020. The highest BCUT2D eigenvalue weighted by molar-refractivity contribution is 6.23. The molecule has 1 unspecified atom stereocenters. The third kappa shape index (κ3) is 4.49. The van der Waals surface area contributed by atoms with E-state index < -0.39 is 17.9 Å². The van der Waals surface area contributed by atoms with E-state index in [0.29, 0.717) is 17.0 Å². The molecule has 4 rings (SSSR count). The first-order valence-electron chi connectivity index (χ1n) is 10.6. The summed E-state index contributed by atoms with van der Waals surface area (Å²) in [5.74, 6) is -1.05. The summed E-state index contributed by atoms with van der Waals surface area (Å²) in [5.41, 5.74) is 0.693. The van der Waals surface area contributed by atoms with Gasteiger partial charge in [-0.05, 0) is 56.2 Å². The standard InChI is InChI=1S/C24H24N2O6/c1-2-31-24(30)16-8-10-18(11-9-16)26-21(27)14-20(23(26)29)25(17-12-13-17)22(28)15-32-19-6-4-3-5-7-19/h3-11,17,20H,2,12-15H2,1H3. The molecule has 0 N–H and O–H groups in total. The highest BCUT2D eigenvalue weighted by atomic mass is 16.5. The molecule has 8 nitrogen and oxygen atoms in total. The summed E-state index contributed by atoms with van der Waals surface area (Å²) in [5, 5.41) is 0. The number of hydrogen-bond acceptors (Lipinski definition) is 6. The molecule has 1 heterocycles. The number of carbonyl (C=O) groups excluding carboxylic acids is 4. The molecule has 2 aliphatic rings. The molecule has 0 spiro atoms. The van der Waals surface area contributed by atoms with Gasteiger partial charge in [0, 0.05) is 6.04 Å². The van der Waals surface area contributed by atoms with E-state index in [2.05, 4.69) is 0 Å². The summed E-state index contributed by atoms with van der Waals surface area (Å²) in [7, 11) is 0. The zero-order chi connectivity index (χ0) is 22.7. The predicted octanol–water partition coefficient (Wildman–Crippen LogP) is 2.57. The summed E-state index contributed by atoms with van der Waals surface area (Å²) in [6.45, 7) is 1.77. The highest BCUT2D eigenvalue weighted by Crippen LogP contribution is 2.34. The van der Waals surface area contributed by atoms with E-state index in [-0.39, 0.29) is 37.5 Å². The van der Waals surface area contributed by atoms with E-state index in [0.717, 1.165) is 17.7 Å². The van der Waals surface area contributed by atoms with Gasteiger partial charge in [0.15, 0.2) is 6.61 Å². The van der Waals surface area contributed by atoms with Gasteiger partial charge in [-0.25, -0.2) is 9.69 Å². The number of esters is 1. The molecule has 1 saturated carbocycles. The zero-order valence-electron chi connectivity index (χ0n) is 17.7. The van der Waals surface area contributed by atoms with E-state index in [4.69, 9.17) is 9.47 Å². The molecule has 8 heteroatoms. The molecule has 3 amide bonds. The van der Waals surface area contributed by atoms with E-state index in [1.807, 2.05) is 18.2 Å². The quantitative estimate of drug-likeness (QED) is 0.466. The van der Waals surface area contributed by atoms with Crippen LogP contribution >= 0.6 is 0 Å². The Hall–Kier alpha value is -3.68. The maximum absolute atomic E-state index is 13.2. The Balaban J connectivity index is 1.47. The van der Waals surface area contributed by atoms with Gasteiger partial charge in [0.2, 0.25) is 5.91 Å². The topological polar surface area (TPSA) is 93.2 Å². The lowest BCUT2D eigenvalue weighted by atomic mass is 10.2. The van der Waals surface area contributed by atoms with Crippen LogP contribution in [0.3, 0.4) is 0 Å². The molecule has 2 fully saturated rings. The van der Waals surface area contributed by atoms with Gasteiger partial charge in [-0.15, -0.1) is 0 Å². The van der Waals surface area contributed by atoms with Crippen LogP contribution in [0.15, 0.2) is 54.6 Å². The SMILES string of the molecule is CCOC(=O)c1ccc(N2C(=O)CC(N(C(=O)COc3ccccc3)C3CC3)C2=O)cc1. The summed E-state index contributed by atoms with van der Waals surface area (Å²) < 4.78 is 10.5. The van der Waals surface area contributed by atoms with Crippen molar-refractivity contribution >= 4 is 29.4 Å². The fourth-order valence-electron chi connectivity index (χ4n) is 3.79. The van der Waals surface area contributed by atoms with Gasteiger partial charge < -0.3 is 14.4 Å². The minimum Gasteiger partial charge on any atom is -0.484 e. The molecule has 1 atom stereocenters. The monoisotopic (exact) mass is 436 g/mol. The Morgan fingerprint density at radius 3 is 2.34 bits per heavy atom. The summed E-state index contributed by atoms with van der Waals surface area (Å²) in [6.07, 6.45) is 1.51. The fraction of sp³-hybridized carbons (Fsp3) is 0.333. The number of para-hydroxylation sites is 1. The first kappa shape index (κ1) is 21.5. The van der Waals surface area contributed by atoms with Crippen molar-refractivity contribution in [2.75, 3.05) is 18.1 Å². The van der Waals surface area contributed by atoms with Crippen molar-refractivity contribution in [1.29, 1.82) is 0 Å². The number of nitrogens with zero attached hydrogens (tertiary/aromatic N) is 2. The van der Waals surface area contributed by atoms with Gasteiger partial charge in [0.05, 0.1) is 24.3 Å². The first-order chi connectivity index (χ1) is 15.5. The summed E-state index contributed by atoms with van der Waals surface area (Å²) >= 11 is 0. The minimum absolute atomic E-state index is 0.0604. The molecule has 0 radical (unpaired) electrons. The van der Waals surface area contributed by atoms with Gasteiger partial charge in [0.1, 0.15) is 11.8 Å². The second-order valence-corrected chi connectivity index (χ2v) is 7.69.